The molecule has 6 rings (SSSR count). The fourth-order valence-electron chi connectivity index (χ4n) is 6.03. The predicted molar refractivity (Wildman–Crippen MR) is 140 cm³/mol. The van der Waals surface area contributed by atoms with Crippen molar-refractivity contribution in [2.45, 2.75) is 51.8 Å². The number of rotatable bonds is 3. The standard InChI is InChI=1S/C26H33N9O/c1-16(2)34-10-11-35(19-5-4-18(13-27)12-20(19)34)25-22-24(31-32-25)30-21(14-29-22)33-8-6-26(7-9-33)15-36-17(3)23(26)28/h4-5,12,14,16-17,23H,6-11,15,28H2,1-3H3,(H,30,31,32)/t17-,23+/m0/s1. The maximum atomic E-state index is 9.44. The zero-order valence-electron chi connectivity index (χ0n) is 21.1. The first-order chi connectivity index (χ1) is 17.4. The Kier molecular flexibility index (Phi) is 5.50. The Hall–Kier alpha value is -3.42. The summed E-state index contributed by atoms with van der Waals surface area (Å²) < 4.78 is 5.87. The SMILES string of the molecule is CC(C)N1CCN(c2n[nH]c3nc(N4CCC5(CC4)CO[C@@H](C)[C@H]5N)cnc23)c2ccc(C#N)cc21. The Labute approximate surface area is 211 Å². The summed E-state index contributed by atoms with van der Waals surface area (Å²) >= 11 is 0. The average Bonchev–Trinajstić information content (AvgIpc) is 3.44. The number of hydrogen-bond donors (Lipinski definition) is 2. The highest BCUT2D eigenvalue weighted by Gasteiger charge is 2.47. The molecule has 0 amide bonds. The van der Waals surface area contributed by atoms with E-state index < -0.39 is 0 Å². The third kappa shape index (κ3) is 3.57. The van der Waals surface area contributed by atoms with E-state index >= 15 is 0 Å². The Morgan fingerprint density at radius 1 is 1.19 bits per heavy atom. The molecule has 2 atom stereocenters. The van der Waals surface area contributed by atoms with Crippen molar-refractivity contribution in [1.82, 2.24) is 20.2 Å². The molecule has 3 aromatic rings. The van der Waals surface area contributed by atoms with Crippen LogP contribution in [0.15, 0.2) is 24.4 Å². The molecule has 0 aliphatic carbocycles. The van der Waals surface area contributed by atoms with Crippen LogP contribution in [-0.2, 0) is 4.74 Å². The highest BCUT2D eigenvalue weighted by Crippen LogP contribution is 2.43. The molecule has 5 heterocycles. The minimum atomic E-state index is 0.0749. The number of fused-ring (bicyclic) bond motifs is 2. The molecule has 3 aliphatic heterocycles. The monoisotopic (exact) mass is 487 g/mol. The molecule has 2 saturated heterocycles. The fraction of sp³-hybridized carbons (Fsp3) is 0.538. The number of nitrogens with two attached hydrogens (primary N) is 1. The molecule has 2 fully saturated rings. The number of anilines is 4. The molecule has 0 radical (unpaired) electrons. The molecule has 1 aromatic carbocycles. The van der Waals surface area contributed by atoms with Crippen molar-refractivity contribution in [2.75, 3.05) is 47.5 Å². The molecule has 3 aliphatic rings. The van der Waals surface area contributed by atoms with Gasteiger partial charge < -0.3 is 25.2 Å². The van der Waals surface area contributed by atoms with Gasteiger partial charge in [0.15, 0.2) is 17.0 Å². The summed E-state index contributed by atoms with van der Waals surface area (Å²) in [7, 11) is 0. The van der Waals surface area contributed by atoms with E-state index in [9.17, 15) is 5.26 Å². The molecule has 1 spiro atoms. The zero-order valence-corrected chi connectivity index (χ0v) is 21.1. The Balaban J connectivity index is 1.27. The highest BCUT2D eigenvalue weighted by molar-refractivity contribution is 5.90. The van der Waals surface area contributed by atoms with Gasteiger partial charge in [-0.05, 0) is 51.8 Å². The lowest BCUT2D eigenvalue weighted by molar-refractivity contribution is 0.0974. The maximum Gasteiger partial charge on any atom is 0.183 e. The smallest absolute Gasteiger partial charge is 0.183 e. The van der Waals surface area contributed by atoms with Crippen molar-refractivity contribution in [3.05, 3.63) is 30.0 Å². The predicted octanol–water partition coefficient (Wildman–Crippen LogP) is 2.92. The molecule has 10 heteroatoms. The Morgan fingerprint density at radius 2 is 2.00 bits per heavy atom. The van der Waals surface area contributed by atoms with Gasteiger partial charge in [0.25, 0.3) is 0 Å². The van der Waals surface area contributed by atoms with E-state index in [1.165, 1.54) is 0 Å². The van der Waals surface area contributed by atoms with Crippen LogP contribution in [0.4, 0.5) is 23.0 Å². The van der Waals surface area contributed by atoms with Crippen LogP contribution >= 0.6 is 0 Å². The lowest BCUT2D eigenvalue weighted by Gasteiger charge is -2.41. The van der Waals surface area contributed by atoms with E-state index in [1.54, 1.807) is 0 Å². The van der Waals surface area contributed by atoms with Gasteiger partial charge in [-0.2, -0.15) is 10.4 Å². The summed E-state index contributed by atoms with van der Waals surface area (Å²) in [6.45, 7) is 10.5. The van der Waals surface area contributed by atoms with Crippen LogP contribution in [0.3, 0.4) is 0 Å². The molecule has 0 unspecified atom stereocenters. The van der Waals surface area contributed by atoms with Crippen LogP contribution < -0.4 is 20.4 Å². The van der Waals surface area contributed by atoms with Crippen molar-refractivity contribution < 1.29 is 4.74 Å². The van der Waals surface area contributed by atoms with Crippen LogP contribution in [0.2, 0.25) is 0 Å². The summed E-state index contributed by atoms with van der Waals surface area (Å²) in [4.78, 5) is 16.5. The number of hydrogen-bond acceptors (Lipinski definition) is 9. The number of ether oxygens (including phenoxy) is 1. The number of benzene rings is 1. The van der Waals surface area contributed by atoms with Crippen LogP contribution in [0, 0.1) is 16.7 Å². The van der Waals surface area contributed by atoms with E-state index in [1.807, 2.05) is 24.4 Å². The lowest BCUT2D eigenvalue weighted by atomic mass is 9.73. The summed E-state index contributed by atoms with van der Waals surface area (Å²) in [6.07, 6.45) is 3.97. The summed E-state index contributed by atoms with van der Waals surface area (Å²) in [5, 5.41) is 17.2. The minimum Gasteiger partial charge on any atom is -0.376 e. The van der Waals surface area contributed by atoms with E-state index in [0.717, 1.165) is 74.2 Å². The molecule has 36 heavy (non-hydrogen) atoms. The van der Waals surface area contributed by atoms with E-state index in [-0.39, 0.29) is 17.6 Å². The number of aromatic amines is 1. The number of aromatic nitrogens is 4. The Morgan fingerprint density at radius 3 is 2.69 bits per heavy atom. The second-order valence-electron chi connectivity index (χ2n) is 10.6. The Bertz CT molecular complexity index is 1320. The van der Waals surface area contributed by atoms with Crippen molar-refractivity contribution in [2.24, 2.45) is 11.1 Å². The van der Waals surface area contributed by atoms with Gasteiger partial charge in [-0.15, -0.1) is 0 Å². The average molecular weight is 488 g/mol. The van der Waals surface area contributed by atoms with Gasteiger partial charge in [-0.3, -0.25) is 5.10 Å². The normalized spacial score (nSPS) is 23.5. The third-order valence-electron chi connectivity index (χ3n) is 8.32. The van der Waals surface area contributed by atoms with Crippen molar-refractivity contribution in [3.63, 3.8) is 0 Å². The molecule has 0 saturated carbocycles. The second-order valence-corrected chi connectivity index (χ2v) is 10.6. The van der Waals surface area contributed by atoms with Crippen molar-refractivity contribution in [1.29, 1.82) is 5.26 Å². The molecular weight excluding hydrogens is 454 g/mol. The summed E-state index contributed by atoms with van der Waals surface area (Å²) in [6, 6.07) is 8.51. The van der Waals surface area contributed by atoms with E-state index in [0.29, 0.717) is 17.3 Å². The van der Waals surface area contributed by atoms with Crippen molar-refractivity contribution in [3.8, 4) is 6.07 Å². The van der Waals surface area contributed by atoms with Gasteiger partial charge in [-0.25, -0.2) is 9.97 Å². The number of H-pyrrole nitrogens is 1. The largest absolute Gasteiger partial charge is 0.376 e. The lowest BCUT2D eigenvalue weighted by Crippen LogP contribution is -2.50. The fourth-order valence-corrected chi connectivity index (χ4v) is 6.03. The first kappa shape index (κ1) is 23.0. The number of piperidine rings is 1. The second kappa shape index (κ2) is 8.61. The van der Waals surface area contributed by atoms with Gasteiger partial charge in [0.2, 0.25) is 0 Å². The van der Waals surface area contributed by atoms with Crippen molar-refractivity contribution >= 4 is 34.2 Å². The third-order valence-corrected chi connectivity index (χ3v) is 8.32. The van der Waals surface area contributed by atoms with E-state index in [4.69, 9.17) is 20.4 Å². The number of nitrogens with one attached hydrogen (secondary N) is 1. The van der Waals surface area contributed by atoms with E-state index in [2.05, 4.69) is 51.7 Å². The molecule has 10 nitrogen and oxygen atoms in total. The minimum absolute atomic E-state index is 0.0749. The van der Waals surface area contributed by atoms with Crippen LogP contribution in [0.25, 0.3) is 11.2 Å². The number of nitriles is 1. The van der Waals surface area contributed by atoms with Gasteiger partial charge in [0, 0.05) is 43.7 Å². The first-order valence-corrected chi connectivity index (χ1v) is 12.8. The van der Waals surface area contributed by atoms with Crippen LogP contribution in [0.1, 0.15) is 39.2 Å². The van der Waals surface area contributed by atoms with Crippen LogP contribution in [0.5, 0.6) is 0 Å². The highest BCUT2D eigenvalue weighted by atomic mass is 16.5. The van der Waals surface area contributed by atoms with Gasteiger partial charge in [0.1, 0.15) is 5.82 Å². The van der Waals surface area contributed by atoms with Crippen LogP contribution in [-0.4, -0.2) is 71.1 Å². The zero-order chi connectivity index (χ0) is 25.0. The van der Waals surface area contributed by atoms with Gasteiger partial charge in [0.05, 0.1) is 41.9 Å². The maximum absolute atomic E-state index is 9.44. The van der Waals surface area contributed by atoms with Gasteiger partial charge >= 0.3 is 0 Å². The van der Waals surface area contributed by atoms with Gasteiger partial charge in [-0.1, -0.05) is 0 Å². The molecular formula is C26H33N9O. The molecule has 0 bridgehead atoms. The first-order valence-electron chi connectivity index (χ1n) is 12.8. The molecule has 188 valence electrons. The molecule has 2 aromatic heterocycles. The number of nitrogens with zero attached hydrogens (tertiary/aromatic N) is 7. The summed E-state index contributed by atoms with van der Waals surface area (Å²) in [5.41, 5.74) is 10.7. The summed E-state index contributed by atoms with van der Waals surface area (Å²) in [5.74, 6) is 1.62. The topological polar surface area (TPSA) is 123 Å². The molecule has 3 N–H and O–H groups in total. The quantitative estimate of drug-likeness (QED) is 0.574.